The number of nitrogens with one attached hydrogen (secondary N) is 5. The Kier molecular flexibility index (Phi) is 29.4. The van der Waals surface area contributed by atoms with Crippen molar-refractivity contribution in [3.8, 4) is 17.0 Å². The Hall–Kier alpha value is -7.19. The summed E-state index contributed by atoms with van der Waals surface area (Å²) in [4.78, 5) is 92.6. The third kappa shape index (κ3) is 23.0. The number of carbonyl (C=O) groups excluding carboxylic acids is 6. The molecule has 1 aliphatic heterocycles. The normalized spacial score (nSPS) is 14.9. The number of anilines is 2. The van der Waals surface area contributed by atoms with Crippen LogP contribution in [0.25, 0.3) is 23.4 Å². The molecule has 3 aromatic carbocycles. The van der Waals surface area contributed by atoms with Crippen molar-refractivity contribution in [2.45, 2.75) is 83.0 Å². The highest BCUT2D eigenvalue weighted by Gasteiger charge is 2.41. The van der Waals surface area contributed by atoms with E-state index in [9.17, 15) is 28.8 Å². The van der Waals surface area contributed by atoms with Crippen LogP contribution < -0.4 is 31.3 Å². The molecule has 3 heterocycles. The molecule has 89 heavy (non-hydrogen) atoms. The quantitative estimate of drug-likeness (QED) is 0.0244. The van der Waals surface area contributed by atoms with Gasteiger partial charge < -0.3 is 64.2 Å². The van der Waals surface area contributed by atoms with Crippen molar-refractivity contribution < 1.29 is 61.9 Å². The molecule has 0 bridgehead atoms. The molecule has 7 rings (SSSR count). The van der Waals surface area contributed by atoms with Gasteiger partial charge in [-0.1, -0.05) is 121 Å². The largest absolute Gasteiger partial charge is 0.495 e. The molecule has 24 heteroatoms. The fourth-order valence-electron chi connectivity index (χ4n) is 10.0. The molecule has 3 atom stereocenters. The van der Waals surface area contributed by atoms with Gasteiger partial charge in [-0.25, -0.2) is 9.97 Å². The third-order valence-electron chi connectivity index (χ3n) is 15.1. The molecule has 6 amide bonds. The van der Waals surface area contributed by atoms with Crippen LogP contribution in [-0.4, -0.2) is 187 Å². The zero-order valence-electron chi connectivity index (χ0n) is 51.3. The standard InChI is InChI=1S/C65H84ClN9O13S/c1-45(67-2)60(78)71-59(50-17-9-6-10-18-50)64(81)75-26-12-19-54(75)62(80)73-63-58(49-15-7-5-8-16-49)72-65(89-63)70-56(76)44-88-38-37-87-36-35-86-34-33-85-32-31-84-30-29-83-28-27-74(3)57(77)40-47-13-11-14-48(39-47)42-69-61(79)53-41-51(55(82-4)43-68-53)23-20-46-21-24-52(66)25-22-46/h5,7-8,11,13-16,20-25,39,41,43,45,50,54,59,67H,6,9-10,12,17-19,26-38,40,42,44H2,1-4H3,(H,69,79)(H,71,78)(H,73,80)(H,70,72,76)/b23-20+/t45-,54-,59-/m0/s1. The minimum absolute atomic E-state index is 0.00490. The van der Waals surface area contributed by atoms with Gasteiger partial charge in [-0.05, 0) is 80.5 Å². The highest BCUT2D eigenvalue weighted by molar-refractivity contribution is 7.20. The van der Waals surface area contributed by atoms with Crippen LogP contribution in [0.15, 0.2) is 91.1 Å². The molecule has 1 aliphatic carbocycles. The van der Waals surface area contributed by atoms with Crippen molar-refractivity contribution in [2.24, 2.45) is 5.92 Å². The van der Waals surface area contributed by atoms with Crippen molar-refractivity contribution in [3.05, 3.63) is 124 Å². The Balaban J connectivity index is 0.690. The first-order valence-corrected chi connectivity index (χ1v) is 31.5. The number of hydrogen-bond acceptors (Lipinski definition) is 17. The molecule has 22 nitrogen and oxygen atoms in total. The molecule has 5 aromatic rings. The molecule has 1 saturated carbocycles. The maximum Gasteiger partial charge on any atom is 0.270 e. The van der Waals surface area contributed by atoms with E-state index in [1.165, 1.54) is 6.20 Å². The van der Waals surface area contributed by atoms with E-state index in [0.717, 1.165) is 65.7 Å². The first kappa shape index (κ1) is 69.3. The fraction of sp³-hybridized carbons (Fsp3) is 0.477. The zero-order chi connectivity index (χ0) is 63.2. The predicted molar refractivity (Wildman–Crippen MR) is 342 cm³/mol. The van der Waals surface area contributed by atoms with E-state index in [1.807, 2.05) is 78.9 Å². The number of benzene rings is 3. The minimum atomic E-state index is -0.739. The molecule has 480 valence electrons. The van der Waals surface area contributed by atoms with Gasteiger partial charge in [-0.2, -0.15) is 0 Å². The number of rotatable bonds is 37. The summed E-state index contributed by atoms with van der Waals surface area (Å²) in [5.41, 5.74) is 4.77. The van der Waals surface area contributed by atoms with Gasteiger partial charge in [0.15, 0.2) is 5.13 Å². The lowest BCUT2D eigenvalue weighted by molar-refractivity contribution is -0.142. The molecule has 2 aromatic heterocycles. The second-order valence-corrected chi connectivity index (χ2v) is 22.9. The second kappa shape index (κ2) is 37.7. The predicted octanol–water partition coefficient (Wildman–Crippen LogP) is 7.31. The number of ether oxygens (including phenoxy) is 7. The minimum Gasteiger partial charge on any atom is -0.495 e. The number of halogens is 1. The number of likely N-dealkylation sites (N-methyl/N-ethyl adjacent to an activating group) is 2. The highest BCUT2D eigenvalue weighted by atomic mass is 35.5. The Morgan fingerprint density at radius 2 is 1.40 bits per heavy atom. The average molecular weight is 1270 g/mol. The number of hydrogen-bond donors (Lipinski definition) is 5. The van der Waals surface area contributed by atoms with Crippen LogP contribution in [0.4, 0.5) is 10.1 Å². The van der Waals surface area contributed by atoms with E-state index in [4.69, 9.17) is 44.8 Å². The lowest BCUT2D eigenvalue weighted by atomic mass is 9.83. The van der Waals surface area contributed by atoms with Gasteiger partial charge in [0.05, 0.1) is 98.4 Å². The van der Waals surface area contributed by atoms with Gasteiger partial charge in [-0.15, -0.1) is 0 Å². The average Bonchev–Trinajstić information content (AvgIpc) is 3.00. The lowest BCUT2D eigenvalue weighted by Gasteiger charge is -2.35. The highest BCUT2D eigenvalue weighted by Crippen LogP contribution is 2.37. The Morgan fingerprint density at radius 1 is 0.753 bits per heavy atom. The van der Waals surface area contributed by atoms with Crippen molar-refractivity contribution >= 4 is 80.7 Å². The van der Waals surface area contributed by atoms with E-state index in [-0.39, 0.29) is 79.1 Å². The van der Waals surface area contributed by atoms with Crippen LogP contribution in [-0.2, 0) is 65.4 Å². The number of likely N-dealkylation sites (tertiary alicyclic amines) is 1. The van der Waals surface area contributed by atoms with Gasteiger partial charge in [0.25, 0.3) is 11.8 Å². The van der Waals surface area contributed by atoms with Gasteiger partial charge in [0.1, 0.15) is 40.8 Å². The van der Waals surface area contributed by atoms with Crippen LogP contribution >= 0.6 is 22.9 Å². The number of nitrogens with zero attached hydrogens (tertiary/aromatic N) is 4. The summed E-state index contributed by atoms with van der Waals surface area (Å²) in [6.45, 7) is 6.31. The first-order chi connectivity index (χ1) is 43.3. The number of aromatic nitrogens is 2. The molecule has 2 aliphatic rings. The summed E-state index contributed by atoms with van der Waals surface area (Å²) in [6, 6.07) is 24.0. The van der Waals surface area contributed by atoms with E-state index in [1.54, 1.807) is 56.1 Å². The second-order valence-electron chi connectivity index (χ2n) is 21.5. The van der Waals surface area contributed by atoms with Crippen molar-refractivity contribution in [3.63, 3.8) is 0 Å². The molecule has 5 N–H and O–H groups in total. The molecule has 0 spiro atoms. The maximum atomic E-state index is 14.3. The number of thiazole rings is 1. The zero-order valence-corrected chi connectivity index (χ0v) is 52.8. The van der Waals surface area contributed by atoms with E-state index < -0.39 is 24.0 Å². The summed E-state index contributed by atoms with van der Waals surface area (Å²) in [7, 11) is 4.98. The number of pyridine rings is 1. The molecule has 2 fully saturated rings. The summed E-state index contributed by atoms with van der Waals surface area (Å²) in [6.07, 6.45) is 11.3. The SMILES string of the molecule is CN[C@@H](C)C(=O)N[C@H](C(=O)N1CCC[C@H]1C(=O)Nc1sc(NC(=O)COCCOCCOCCOCCOCCOCCN(C)C(=O)Cc2cccc(CNC(=O)c3cc(/C=C/c4ccc(Cl)cc4)c(OC)cn3)c2)nc1-c1ccccc1)C1CCCCC1. The molecular weight excluding hydrogens is 1180 g/mol. The van der Waals surface area contributed by atoms with Gasteiger partial charge >= 0.3 is 0 Å². The van der Waals surface area contributed by atoms with E-state index in [0.29, 0.717) is 112 Å². The molecule has 0 radical (unpaired) electrons. The number of methoxy groups -OCH3 is 1. The third-order valence-corrected chi connectivity index (χ3v) is 16.2. The van der Waals surface area contributed by atoms with Crippen molar-refractivity contribution in [1.82, 2.24) is 35.7 Å². The Bertz CT molecular complexity index is 3080. The molecular formula is C65H84ClN9O13S. The van der Waals surface area contributed by atoms with E-state index in [2.05, 4.69) is 36.6 Å². The van der Waals surface area contributed by atoms with Gasteiger partial charge in [0, 0.05) is 42.8 Å². The van der Waals surface area contributed by atoms with Crippen LogP contribution in [0.2, 0.25) is 5.02 Å². The topological polar surface area (TPSA) is 259 Å². The van der Waals surface area contributed by atoms with E-state index >= 15 is 0 Å². The maximum absolute atomic E-state index is 14.3. The number of amides is 6. The van der Waals surface area contributed by atoms with Gasteiger partial charge in [0.2, 0.25) is 23.6 Å². The summed E-state index contributed by atoms with van der Waals surface area (Å²) in [5.74, 6) is -1.15. The van der Waals surface area contributed by atoms with Crippen molar-refractivity contribution in [2.75, 3.05) is 124 Å². The monoisotopic (exact) mass is 1270 g/mol. The van der Waals surface area contributed by atoms with Crippen LogP contribution in [0.1, 0.15) is 84.6 Å². The van der Waals surface area contributed by atoms with Crippen LogP contribution in [0.5, 0.6) is 5.75 Å². The van der Waals surface area contributed by atoms with Crippen molar-refractivity contribution in [1.29, 1.82) is 0 Å². The summed E-state index contributed by atoms with van der Waals surface area (Å²) in [5, 5.41) is 16.0. The Labute approximate surface area is 530 Å². The summed E-state index contributed by atoms with van der Waals surface area (Å²) < 4.78 is 39.1. The lowest BCUT2D eigenvalue weighted by Crippen LogP contribution is -2.57. The van der Waals surface area contributed by atoms with Crippen LogP contribution in [0, 0.1) is 5.92 Å². The smallest absolute Gasteiger partial charge is 0.270 e. The van der Waals surface area contributed by atoms with Crippen LogP contribution in [0.3, 0.4) is 0 Å². The Morgan fingerprint density at radius 3 is 2.07 bits per heavy atom. The fourth-order valence-corrected chi connectivity index (χ4v) is 11.0. The first-order valence-electron chi connectivity index (χ1n) is 30.3. The number of carbonyl (C=O) groups is 6. The molecule has 1 saturated heterocycles. The van der Waals surface area contributed by atoms with Gasteiger partial charge in [-0.3, -0.25) is 34.1 Å². The molecule has 0 unspecified atom stereocenters. The summed E-state index contributed by atoms with van der Waals surface area (Å²) >= 11 is 7.13.